The van der Waals surface area contributed by atoms with Crippen LogP contribution >= 0.6 is 0 Å². The molecule has 262 valence electrons. The molecule has 4 unspecified atom stereocenters. The molecule has 0 spiro atoms. The van der Waals surface area contributed by atoms with Crippen molar-refractivity contribution in [2.45, 2.75) is 109 Å². The lowest BCUT2D eigenvalue weighted by Gasteiger charge is -2.07. The first kappa shape index (κ1) is 48.0. The van der Waals surface area contributed by atoms with E-state index in [4.69, 9.17) is 59.9 Å². The van der Waals surface area contributed by atoms with E-state index in [9.17, 15) is 24.0 Å². The zero-order valence-electron chi connectivity index (χ0n) is 26.6. The van der Waals surface area contributed by atoms with E-state index in [1.54, 1.807) is 27.7 Å². The molecule has 1 saturated heterocycles. The molecule has 17 heteroatoms. The molecule has 0 aromatic heterocycles. The molecule has 0 saturated carbocycles. The van der Waals surface area contributed by atoms with Crippen LogP contribution in [0.15, 0.2) is 0 Å². The summed E-state index contributed by atoms with van der Waals surface area (Å²) in [6, 6.07) is -3.13. The van der Waals surface area contributed by atoms with Crippen LogP contribution in [0.1, 0.15) is 79.1 Å². The summed E-state index contributed by atoms with van der Waals surface area (Å²) >= 11 is 0. The van der Waals surface area contributed by atoms with Gasteiger partial charge in [0.2, 0.25) is 0 Å². The molecule has 1 aliphatic rings. The highest BCUT2D eigenvalue weighted by atomic mass is 16.4. The molecule has 5 atom stereocenters. The SMILES string of the molecule is CC(C)C(N)C(=O)O.CC(C)C(N)C(=O)O.NCCCCC(N)C(=O)O.NCCCCC(N)C(=O)O.O=C(O)[C@@H]1CCCN1. The van der Waals surface area contributed by atoms with E-state index in [1.807, 2.05) is 0 Å². The van der Waals surface area contributed by atoms with Crippen LogP contribution in [0.25, 0.3) is 0 Å². The molecule has 1 aliphatic heterocycles. The van der Waals surface area contributed by atoms with Crippen molar-refractivity contribution >= 4 is 29.8 Å². The van der Waals surface area contributed by atoms with Crippen molar-refractivity contribution in [1.29, 1.82) is 0 Å². The first-order valence-electron chi connectivity index (χ1n) is 14.6. The van der Waals surface area contributed by atoms with Crippen LogP contribution < -0.4 is 39.7 Å². The highest BCUT2D eigenvalue weighted by Gasteiger charge is 2.20. The van der Waals surface area contributed by atoms with Crippen LogP contribution in [0, 0.1) is 11.8 Å². The van der Waals surface area contributed by atoms with Gasteiger partial charge in [0.1, 0.15) is 30.2 Å². The Morgan fingerprint density at radius 3 is 1.11 bits per heavy atom. The molecule has 1 rings (SSSR count). The van der Waals surface area contributed by atoms with Crippen LogP contribution in [-0.4, -0.2) is 105 Å². The topological polar surface area (TPSA) is 355 Å². The van der Waals surface area contributed by atoms with E-state index in [1.165, 1.54) is 0 Å². The number of aliphatic carboxylic acids is 5. The highest BCUT2D eigenvalue weighted by Crippen LogP contribution is 2.03. The van der Waals surface area contributed by atoms with Crippen LogP contribution in [-0.2, 0) is 24.0 Å². The number of carbonyl (C=O) groups is 5. The van der Waals surface area contributed by atoms with Gasteiger partial charge in [-0.15, -0.1) is 0 Å². The summed E-state index contributed by atoms with van der Waals surface area (Å²) in [6.07, 6.45) is 6.11. The Hall–Kier alpha value is -2.93. The van der Waals surface area contributed by atoms with Gasteiger partial charge >= 0.3 is 29.8 Å². The number of carboxylic acid groups (broad SMARTS) is 5. The summed E-state index contributed by atoms with van der Waals surface area (Å²) in [5.41, 5.74) is 31.2. The van der Waals surface area contributed by atoms with Crippen LogP contribution in [0.5, 0.6) is 0 Å². The van der Waals surface area contributed by atoms with E-state index in [0.717, 1.165) is 45.1 Å². The normalized spacial score (nSPS) is 16.1. The lowest BCUT2D eigenvalue weighted by atomic mass is 10.1. The average Bonchev–Trinajstić information content (AvgIpc) is 3.49. The number of nitrogens with two attached hydrogens (primary N) is 6. The fourth-order valence-electron chi connectivity index (χ4n) is 2.73. The Kier molecular flexibility index (Phi) is 32.8. The van der Waals surface area contributed by atoms with Crippen molar-refractivity contribution in [3.8, 4) is 0 Å². The van der Waals surface area contributed by atoms with Gasteiger partial charge in [0.15, 0.2) is 0 Å². The third-order valence-corrected chi connectivity index (χ3v) is 5.94. The van der Waals surface area contributed by atoms with E-state index in [0.29, 0.717) is 25.9 Å². The Balaban J connectivity index is -0.000000228. The molecular weight excluding hydrogens is 582 g/mol. The van der Waals surface area contributed by atoms with Gasteiger partial charge in [-0.3, -0.25) is 24.0 Å². The van der Waals surface area contributed by atoms with E-state index >= 15 is 0 Å². The number of nitrogens with one attached hydrogen (secondary N) is 1. The van der Waals surface area contributed by atoms with Crippen LogP contribution in [0.3, 0.4) is 0 Å². The Labute approximate surface area is 260 Å². The van der Waals surface area contributed by atoms with Gasteiger partial charge in [0.05, 0.1) is 0 Å². The first-order chi connectivity index (χ1) is 20.3. The maximum atomic E-state index is 10.1. The van der Waals surface area contributed by atoms with Gasteiger partial charge < -0.3 is 65.3 Å². The summed E-state index contributed by atoms with van der Waals surface area (Å²) in [5.74, 6) is -4.41. The van der Waals surface area contributed by atoms with Gasteiger partial charge in [-0.1, -0.05) is 40.5 Å². The predicted molar refractivity (Wildman–Crippen MR) is 167 cm³/mol. The first-order valence-corrected chi connectivity index (χ1v) is 14.6. The fourth-order valence-corrected chi connectivity index (χ4v) is 2.73. The number of carboxylic acids is 5. The van der Waals surface area contributed by atoms with E-state index in [2.05, 4.69) is 5.32 Å². The fraction of sp³-hybridized carbons (Fsp3) is 0.815. The molecule has 0 radical (unpaired) electrons. The summed E-state index contributed by atoms with van der Waals surface area (Å²) in [5, 5.41) is 44.3. The molecule has 0 aromatic carbocycles. The van der Waals surface area contributed by atoms with Gasteiger partial charge in [0, 0.05) is 0 Å². The minimum atomic E-state index is -0.933. The standard InChI is InChI=1S/2C6H14N2O2.C5H9NO2.2C5H11NO2/c2*7-4-2-1-3-5(8)6(9)10;7-5(8)4-2-1-3-6-4;2*1-3(2)4(6)5(7)8/h2*5H,1-4,7-8H2,(H,9,10);4,6H,1-3H2,(H,7,8);2*3-4H,6H2,1-2H3,(H,7,8)/t;;4-;;/m..0../s1. The summed E-state index contributed by atoms with van der Waals surface area (Å²) < 4.78 is 0. The Morgan fingerprint density at radius 2 is 0.977 bits per heavy atom. The summed E-state index contributed by atoms with van der Waals surface area (Å²) in [7, 11) is 0. The van der Waals surface area contributed by atoms with Crippen molar-refractivity contribution in [3.05, 3.63) is 0 Å². The summed E-state index contributed by atoms with van der Waals surface area (Å²) in [4.78, 5) is 50.4. The second-order valence-corrected chi connectivity index (χ2v) is 10.7. The Morgan fingerprint density at radius 1 is 0.636 bits per heavy atom. The van der Waals surface area contributed by atoms with Crippen molar-refractivity contribution < 1.29 is 49.5 Å². The van der Waals surface area contributed by atoms with E-state index < -0.39 is 54.0 Å². The lowest BCUT2D eigenvalue weighted by molar-refractivity contribution is -0.140. The largest absolute Gasteiger partial charge is 0.480 e. The highest BCUT2D eigenvalue weighted by molar-refractivity contribution is 5.74. The molecular formula is C27H59N7O10. The lowest BCUT2D eigenvalue weighted by Crippen LogP contribution is -2.34. The number of rotatable bonds is 15. The molecule has 0 bridgehead atoms. The zero-order chi connectivity index (χ0) is 35.4. The van der Waals surface area contributed by atoms with Crippen molar-refractivity contribution in [2.75, 3.05) is 19.6 Å². The second-order valence-electron chi connectivity index (χ2n) is 10.7. The minimum absolute atomic E-state index is 0.0208. The van der Waals surface area contributed by atoms with Gasteiger partial charge in [0.25, 0.3) is 0 Å². The van der Waals surface area contributed by atoms with Gasteiger partial charge in [-0.05, 0) is 70.0 Å². The molecule has 1 fully saturated rings. The third-order valence-electron chi connectivity index (χ3n) is 5.94. The number of hydrogen-bond donors (Lipinski definition) is 12. The number of hydrogen-bond acceptors (Lipinski definition) is 12. The molecule has 44 heavy (non-hydrogen) atoms. The molecule has 18 N–H and O–H groups in total. The molecule has 1 heterocycles. The third kappa shape index (κ3) is 32.0. The van der Waals surface area contributed by atoms with Crippen LogP contribution in [0.2, 0.25) is 0 Å². The zero-order valence-corrected chi connectivity index (χ0v) is 26.6. The monoisotopic (exact) mass is 641 g/mol. The van der Waals surface area contributed by atoms with Crippen molar-refractivity contribution in [2.24, 2.45) is 46.2 Å². The maximum absolute atomic E-state index is 10.1. The second kappa shape index (κ2) is 30.1. The van der Waals surface area contributed by atoms with Gasteiger partial charge in [-0.2, -0.15) is 0 Å². The molecule has 0 aromatic rings. The van der Waals surface area contributed by atoms with Crippen LogP contribution in [0.4, 0.5) is 0 Å². The van der Waals surface area contributed by atoms with Crippen molar-refractivity contribution in [1.82, 2.24) is 5.32 Å². The van der Waals surface area contributed by atoms with Gasteiger partial charge in [-0.25, -0.2) is 0 Å². The quantitative estimate of drug-likeness (QED) is 0.0952. The molecule has 0 aliphatic carbocycles. The predicted octanol–water partition coefficient (Wildman–Crippen LogP) is -1.01. The number of unbranched alkanes of at least 4 members (excludes halogenated alkanes) is 2. The van der Waals surface area contributed by atoms with Crippen molar-refractivity contribution in [3.63, 3.8) is 0 Å². The molecule has 17 nitrogen and oxygen atoms in total. The summed E-state index contributed by atoms with van der Waals surface area (Å²) in [6.45, 7) is 9.17. The average molecular weight is 642 g/mol. The van der Waals surface area contributed by atoms with E-state index in [-0.39, 0.29) is 17.9 Å². The minimum Gasteiger partial charge on any atom is -0.480 e. The smallest absolute Gasteiger partial charge is 0.320 e. The molecule has 0 amide bonds. The Bertz CT molecular complexity index is 716. The maximum Gasteiger partial charge on any atom is 0.320 e.